The lowest BCUT2D eigenvalue weighted by molar-refractivity contribution is 0.0520. The quantitative estimate of drug-likeness (QED) is 0.845. The van der Waals surface area contributed by atoms with Gasteiger partial charge in [0.05, 0.1) is 6.10 Å². The van der Waals surface area contributed by atoms with Crippen LogP contribution in [0.25, 0.3) is 0 Å². The van der Waals surface area contributed by atoms with Gasteiger partial charge in [0, 0.05) is 18.6 Å². The molecule has 2 fully saturated rings. The van der Waals surface area contributed by atoms with Gasteiger partial charge in [0.25, 0.3) is 0 Å². The van der Waals surface area contributed by atoms with Gasteiger partial charge in [-0.3, -0.25) is 4.90 Å². The van der Waals surface area contributed by atoms with E-state index in [-0.39, 0.29) is 6.10 Å². The highest BCUT2D eigenvalue weighted by molar-refractivity contribution is 5.37. The topological polar surface area (TPSA) is 23.5 Å². The van der Waals surface area contributed by atoms with Crippen molar-refractivity contribution < 1.29 is 5.11 Å². The van der Waals surface area contributed by atoms with Crippen LogP contribution in [0.15, 0.2) is 24.3 Å². The number of aliphatic hydroxyl groups is 1. The van der Waals surface area contributed by atoms with Crippen molar-refractivity contribution in [1.82, 2.24) is 4.90 Å². The summed E-state index contributed by atoms with van der Waals surface area (Å²) in [6.07, 6.45) is 4.38. The van der Waals surface area contributed by atoms with Gasteiger partial charge in [-0.2, -0.15) is 0 Å². The van der Waals surface area contributed by atoms with Crippen LogP contribution in [0.4, 0.5) is 0 Å². The summed E-state index contributed by atoms with van der Waals surface area (Å²) < 4.78 is 0. The molecule has 0 radical (unpaired) electrons. The lowest BCUT2D eigenvalue weighted by Crippen LogP contribution is -2.43. The number of hydrogen-bond donors (Lipinski definition) is 1. The van der Waals surface area contributed by atoms with Crippen molar-refractivity contribution in [3.05, 3.63) is 35.4 Å². The van der Waals surface area contributed by atoms with Gasteiger partial charge < -0.3 is 5.11 Å². The molecule has 0 aromatic heterocycles. The summed E-state index contributed by atoms with van der Waals surface area (Å²) >= 11 is 0. The number of likely N-dealkylation sites (tertiary alicyclic amines) is 1. The number of aryl methyl sites for hydroxylation is 1. The molecule has 1 saturated carbocycles. The standard InChI is InChI=1S/C15H21NO/c1-12-4-2-3-5-14(12)15(8-9-15)16-10-6-13(17)7-11-16/h2-5,13,17H,6-11H2,1H3. The zero-order chi connectivity index (χ0) is 11.9. The molecule has 1 heterocycles. The van der Waals surface area contributed by atoms with E-state index in [0.717, 1.165) is 25.9 Å². The normalized spacial score (nSPS) is 24.8. The maximum Gasteiger partial charge on any atom is 0.0564 e. The molecule has 1 aliphatic carbocycles. The molecule has 2 heteroatoms. The van der Waals surface area contributed by atoms with E-state index in [1.807, 2.05) is 0 Å². The fourth-order valence-electron chi connectivity index (χ4n) is 3.26. The van der Waals surface area contributed by atoms with Crippen LogP contribution in [0.3, 0.4) is 0 Å². The van der Waals surface area contributed by atoms with Gasteiger partial charge >= 0.3 is 0 Å². The second-order valence-corrected chi connectivity index (χ2v) is 5.56. The van der Waals surface area contributed by atoms with E-state index in [0.29, 0.717) is 5.54 Å². The fraction of sp³-hybridized carbons (Fsp3) is 0.600. The Kier molecular flexibility index (Phi) is 2.72. The molecule has 1 aromatic carbocycles. The second kappa shape index (κ2) is 4.11. The van der Waals surface area contributed by atoms with E-state index in [4.69, 9.17) is 0 Å². The minimum absolute atomic E-state index is 0.0704. The fourth-order valence-corrected chi connectivity index (χ4v) is 3.26. The smallest absolute Gasteiger partial charge is 0.0564 e. The van der Waals surface area contributed by atoms with Crippen molar-refractivity contribution in [3.8, 4) is 0 Å². The maximum atomic E-state index is 9.61. The number of aliphatic hydroxyl groups excluding tert-OH is 1. The zero-order valence-electron chi connectivity index (χ0n) is 10.5. The molecular weight excluding hydrogens is 210 g/mol. The summed E-state index contributed by atoms with van der Waals surface area (Å²) in [7, 11) is 0. The van der Waals surface area contributed by atoms with Crippen molar-refractivity contribution in [2.45, 2.75) is 44.2 Å². The molecule has 92 valence electrons. The summed E-state index contributed by atoms with van der Waals surface area (Å²) in [6, 6.07) is 8.78. The van der Waals surface area contributed by atoms with E-state index >= 15 is 0 Å². The molecule has 2 aliphatic rings. The average Bonchev–Trinajstić information content (AvgIpc) is 3.12. The van der Waals surface area contributed by atoms with Gasteiger partial charge in [-0.1, -0.05) is 24.3 Å². The molecule has 2 nitrogen and oxygen atoms in total. The Hall–Kier alpha value is -0.860. The van der Waals surface area contributed by atoms with Crippen LogP contribution in [-0.4, -0.2) is 29.2 Å². The molecule has 1 aliphatic heterocycles. The van der Waals surface area contributed by atoms with Crippen LogP contribution in [-0.2, 0) is 5.54 Å². The maximum absolute atomic E-state index is 9.61. The summed E-state index contributed by atoms with van der Waals surface area (Å²) in [5, 5.41) is 9.61. The molecule has 17 heavy (non-hydrogen) atoms. The Bertz CT molecular complexity index is 403. The summed E-state index contributed by atoms with van der Waals surface area (Å²) in [6.45, 7) is 4.32. The predicted octanol–water partition coefficient (Wildman–Crippen LogP) is 2.44. The lowest BCUT2D eigenvalue weighted by atomic mass is 9.95. The highest BCUT2D eigenvalue weighted by Crippen LogP contribution is 2.52. The van der Waals surface area contributed by atoms with Crippen molar-refractivity contribution in [1.29, 1.82) is 0 Å². The molecule has 1 N–H and O–H groups in total. The van der Waals surface area contributed by atoms with Gasteiger partial charge in [0.1, 0.15) is 0 Å². The highest BCUT2D eigenvalue weighted by Gasteiger charge is 2.50. The molecule has 0 atom stereocenters. The van der Waals surface area contributed by atoms with Crippen molar-refractivity contribution >= 4 is 0 Å². The van der Waals surface area contributed by atoms with E-state index in [1.165, 1.54) is 24.0 Å². The van der Waals surface area contributed by atoms with E-state index in [9.17, 15) is 5.11 Å². The monoisotopic (exact) mass is 231 g/mol. The Morgan fingerprint density at radius 2 is 1.82 bits per heavy atom. The average molecular weight is 231 g/mol. The van der Waals surface area contributed by atoms with Crippen LogP contribution in [0.5, 0.6) is 0 Å². The van der Waals surface area contributed by atoms with Crippen LogP contribution < -0.4 is 0 Å². The summed E-state index contributed by atoms with van der Waals surface area (Å²) in [5.74, 6) is 0. The Morgan fingerprint density at radius 1 is 1.18 bits per heavy atom. The largest absolute Gasteiger partial charge is 0.393 e. The van der Waals surface area contributed by atoms with Crippen LogP contribution in [0, 0.1) is 6.92 Å². The number of hydrogen-bond acceptors (Lipinski definition) is 2. The Morgan fingerprint density at radius 3 is 2.41 bits per heavy atom. The first kappa shape index (κ1) is 11.2. The van der Waals surface area contributed by atoms with Crippen molar-refractivity contribution in [3.63, 3.8) is 0 Å². The van der Waals surface area contributed by atoms with Gasteiger partial charge in [-0.25, -0.2) is 0 Å². The zero-order valence-corrected chi connectivity index (χ0v) is 10.5. The first-order valence-electron chi connectivity index (χ1n) is 6.72. The van der Waals surface area contributed by atoms with Crippen LogP contribution >= 0.6 is 0 Å². The molecule has 0 bridgehead atoms. The second-order valence-electron chi connectivity index (χ2n) is 5.56. The number of rotatable bonds is 2. The third-order valence-electron chi connectivity index (χ3n) is 4.44. The lowest BCUT2D eigenvalue weighted by Gasteiger charge is -2.37. The minimum atomic E-state index is -0.0704. The third kappa shape index (κ3) is 1.90. The predicted molar refractivity (Wildman–Crippen MR) is 68.9 cm³/mol. The number of piperidine rings is 1. The third-order valence-corrected chi connectivity index (χ3v) is 4.44. The van der Waals surface area contributed by atoms with Crippen LogP contribution in [0.1, 0.15) is 36.8 Å². The van der Waals surface area contributed by atoms with E-state index in [1.54, 1.807) is 0 Å². The van der Waals surface area contributed by atoms with E-state index < -0.39 is 0 Å². The van der Waals surface area contributed by atoms with Crippen molar-refractivity contribution in [2.75, 3.05) is 13.1 Å². The molecule has 0 spiro atoms. The molecule has 3 rings (SSSR count). The Balaban J connectivity index is 1.85. The van der Waals surface area contributed by atoms with Gasteiger partial charge in [0.2, 0.25) is 0 Å². The highest BCUT2D eigenvalue weighted by atomic mass is 16.3. The van der Waals surface area contributed by atoms with Gasteiger partial charge in [-0.15, -0.1) is 0 Å². The van der Waals surface area contributed by atoms with E-state index in [2.05, 4.69) is 36.1 Å². The molecule has 1 aromatic rings. The summed E-state index contributed by atoms with van der Waals surface area (Å²) in [5.41, 5.74) is 3.23. The van der Waals surface area contributed by atoms with Gasteiger partial charge in [0.15, 0.2) is 0 Å². The molecule has 0 amide bonds. The molecule has 0 unspecified atom stereocenters. The number of benzene rings is 1. The Labute approximate surface area is 103 Å². The summed E-state index contributed by atoms with van der Waals surface area (Å²) in [4.78, 5) is 2.60. The number of nitrogens with zero attached hydrogens (tertiary/aromatic N) is 1. The van der Waals surface area contributed by atoms with Crippen molar-refractivity contribution in [2.24, 2.45) is 0 Å². The first-order chi connectivity index (χ1) is 8.22. The van der Waals surface area contributed by atoms with Gasteiger partial charge in [-0.05, 0) is 43.7 Å². The first-order valence-corrected chi connectivity index (χ1v) is 6.72. The molecule has 1 saturated heterocycles. The van der Waals surface area contributed by atoms with Crippen LogP contribution in [0.2, 0.25) is 0 Å². The molecular formula is C15H21NO. The SMILES string of the molecule is Cc1ccccc1C1(N2CCC(O)CC2)CC1. The minimum Gasteiger partial charge on any atom is -0.393 e.